The zero-order chi connectivity index (χ0) is 14.3. The standard InChI is InChI=1S/C14H16Cl2N2O/c1-3-7-18(8-4-2)10-14(19)17-13-9-11(15)5-6-12(13)16/h3-6,9H,1-2,7-8,10H2,(H,17,19). The molecule has 0 radical (unpaired) electrons. The second-order valence-electron chi connectivity index (χ2n) is 3.94. The number of rotatable bonds is 7. The van der Waals surface area contributed by atoms with E-state index in [0.717, 1.165) is 0 Å². The molecular weight excluding hydrogens is 283 g/mol. The summed E-state index contributed by atoms with van der Waals surface area (Å²) in [5.74, 6) is -0.159. The third-order valence-corrected chi connectivity index (χ3v) is 2.91. The van der Waals surface area contributed by atoms with Gasteiger partial charge >= 0.3 is 0 Å². The molecule has 0 aliphatic rings. The van der Waals surface area contributed by atoms with E-state index in [4.69, 9.17) is 23.2 Å². The summed E-state index contributed by atoms with van der Waals surface area (Å²) in [7, 11) is 0. The summed E-state index contributed by atoms with van der Waals surface area (Å²) in [6, 6.07) is 4.93. The molecule has 0 aliphatic carbocycles. The third-order valence-electron chi connectivity index (χ3n) is 2.34. The van der Waals surface area contributed by atoms with E-state index < -0.39 is 0 Å². The fraction of sp³-hybridized carbons (Fsp3) is 0.214. The predicted octanol–water partition coefficient (Wildman–Crippen LogP) is 3.61. The number of anilines is 1. The van der Waals surface area contributed by atoms with Gasteiger partial charge in [0.15, 0.2) is 0 Å². The predicted molar refractivity (Wildman–Crippen MR) is 81.9 cm³/mol. The average molecular weight is 299 g/mol. The van der Waals surface area contributed by atoms with E-state index in [-0.39, 0.29) is 12.5 Å². The van der Waals surface area contributed by atoms with Crippen molar-refractivity contribution in [2.45, 2.75) is 0 Å². The lowest BCUT2D eigenvalue weighted by Crippen LogP contribution is -2.33. The molecule has 0 heterocycles. The first-order valence-corrected chi connectivity index (χ1v) is 6.51. The fourth-order valence-electron chi connectivity index (χ4n) is 1.55. The average Bonchev–Trinajstić information content (AvgIpc) is 2.34. The van der Waals surface area contributed by atoms with Crippen molar-refractivity contribution in [1.29, 1.82) is 0 Å². The minimum atomic E-state index is -0.159. The second-order valence-corrected chi connectivity index (χ2v) is 4.79. The van der Waals surface area contributed by atoms with Crippen molar-refractivity contribution in [1.82, 2.24) is 4.90 Å². The summed E-state index contributed by atoms with van der Waals surface area (Å²) in [6.07, 6.45) is 3.48. The number of carbonyl (C=O) groups excluding carboxylic acids is 1. The molecule has 1 aromatic carbocycles. The Kier molecular flexibility index (Phi) is 6.64. The van der Waals surface area contributed by atoms with Gasteiger partial charge in [0.2, 0.25) is 5.91 Å². The lowest BCUT2D eigenvalue weighted by Gasteiger charge is -2.18. The number of hydrogen-bond donors (Lipinski definition) is 1. The number of nitrogens with zero attached hydrogens (tertiary/aromatic N) is 1. The molecule has 3 nitrogen and oxygen atoms in total. The van der Waals surface area contributed by atoms with Gasteiger partial charge < -0.3 is 5.32 Å². The Bertz CT molecular complexity index is 465. The molecule has 0 unspecified atom stereocenters. The van der Waals surface area contributed by atoms with E-state index in [1.54, 1.807) is 30.4 Å². The van der Waals surface area contributed by atoms with Crippen LogP contribution in [-0.4, -0.2) is 30.4 Å². The molecule has 1 N–H and O–H groups in total. The third kappa shape index (κ3) is 5.47. The van der Waals surface area contributed by atoms with Gasteiger partial charge in [-0.1, -0.05) is 35.4 Å². The smallest absolute Gasteiger partial charge is 0.238 e. The molecule has 1 amide bonds. The molecule has 0 spiro atoms. The van der Waals surface area contributed by atoms with E-state index in [1.165, 1.54) is 0 Å². The summed E-state index contributed by atoms with van der Waals surface area (Å²) in [4.78, 5) is 13.8. The van der Waals surface area contributed by atoms with E-state index in [2.05, 4.69) is 18.5 Å². The van der Waals surface area contributed by atoms with Crippen molar-refractivity contribution in [3.8, 4) is 0 Å². The summed E-state index contributed by atoms with van der Waals surface area (Å²) >= 11 is 11.8. The number of hydrogen-bond acceptors (Lipinski definition) is 2. The molecule has 19 heavy (non-hydrogen) atoms. The molecule has 0 atom stereocenters. The van der Waals surface area contributed by atoms with Crippen molar-refractivity contribution < 1.29 is 4.79 Å². The van der Waals surface area contributed by atoms with Crippen LogP contribution >= 0.6 is 23.2 Å². The Labute approximate surface area is 123 Å². The van der Waals surface area contributed by atoms with Crippen LogP contribution < -0.4 is 5.32 Å². The number of nitrogens with one attached hydrogen (secondary N) is 1. The highest BCUT2D eigenvalue weighted by Gasteiger charge is 2.10. The summed E-state index contributed by atoms with van der Waals surface area (Å²) in [5.41, 5.74) is 0.510. The van der Waals surface area contributed by atoms with Crippen molar-refractivity contribution in [2.75, 3.05) is 25.0 Å². The first-order chi connectivity index (χ1) is 9.06. The molecule has 0 saturated heterocycles. The second kappa shape index (κ2) is 8.00. The van der Waals surface area contributed by atoms with Crippen LogP contribution in [0.5, 0.6) is 0 Å². The zero-order valence-corrected chi connectivity index (χ0v) is 12.0. The van der Waals surface area contributed by atoms with Gasteiger partial charge in [-0.25, -0.2) is 0 Å². The van der Waals surface area contributed by atoms with Crippen LogP contribution in [0.1, 0.15) is 0 Å². The van der Waals surface area contributed by atoms with Crippen LogP contribution in [-0.2, 0) is 4.79 Å². The van der Waals surface area contributed by atoms with Crippen LogP contribution in [0.15, 0.2) is 43.5 Å². The van der Waals surface area contributed by atoms with E-state index >= 15 is 0 Å². The lowest BCUT2D eigenvalue weighted by molar-refractivity contribution is -0.117. The highest BCUT2D eigenvalue weighted by atomic mass is 35.5. The van der Waals surface area contributed by atoms with Gasteiger partial charge in [0, 0.05) is 18.1 Å². The van der Waals surface area contributed by atoms with Crippen molar-refractivity contribution >= 4 is 34.8 Å². The monoisotopic (exact) mass is 298 g/mol. The lowest BCUT2D eigenvalue weighted by atomic mass is 10.3. The molecule has 0 saturated carbocycles. The Morgan fingerprint density at radius 2 is 1.89 bits per heavy atom. The molecule has 1 rings (SSSR count). The van der Waals surface area contributed by atoms with Crippen molar-refractivity contribution in [2.24, 2.45) is 0 Å². The highest BCUT2D eigenvalue weighted by Crippen LogP contribution is 2.25. The largest absolute Gasteiger partial charge is 0.324 e. The van der Waals surface area contributed by atoms with Crippen LogP contribution in [0.4, 0.5) is 5.69 Å². The highest BCUT2D eigenvalue weighted by molar-refractivity contribution is 6.35. The van der Waals surface area contributed by atoms with Gasteiger partial charge in [0.25, 0.3) is 0 Å². The van der Waals surface area contributed by atoms with Gasteiger partial charge in [-0.2, -0.15) is 0 Å². The number of benzene rings is 1. The SMILES string of the molecule is C=CCN(CC=C)CC(=O)Nc1cc(Cl)ccc1Cl. The first-order valence-electron chi connectivity index (χ1n) is 5.76. The fourth-order valence-corrected chi connectivity index (χ4v) is 1.89. The van der Waals surface area contributed by atoms with Crippen molar-refractivity contribution in [3.05, 3.63) is 53.6 Å². The molecule has 1 aromatic rings. The summed E-state index contributed by atoms with van der Waals surface area (Å²) in [6.45, 7) is 8.77. The van der Waals surface area contributed by atoms with Crippen LogP contribution in [0.25, 0.3) is 0 Å². The van der Waals surface area contributed by atoms with Crippen molar-refractivity contribution in [3.63, 3.8) is 0 Å². The maximum Gasteiger partial charge on any atom is 0.238 e. The van der Waals surface area contributed by atoms with Crippen LogP contribution in [0.3, 0.4) is 0 Å². The molecule has 0 aromatic heterocycles. The van der Waals surface area contributed by atoms with E-state index in [1.807, 2.05) is 4.90 Å². The maximum atomic E-state index is 11.9. The summed E-state index contributed by atoms with van der Waals surface area (Å²) < 4.78 is 0. The number of halogens is 2. The molecule has 0 aliphatic heterocycles. The van der Waals surface area contributed by atoms with Gasteiger partial charge in [0.05, 0.1) is 17.3 Å². The quantitative estimate of drug-likeness (QED) is 0.780. The molecule has 0 fully saturated rings. The van der Waals surface area contributed by atoms with E-state index in [0.29, 0.717) is 28.8 Å². The molecule has 5 heteroatoms. The van der Waals surface area contributed by atoms with Crippen LogP contribution in [0.2, 0.25) is 10.0 Å². The number of carbonyl (C=O) groups is 1. The van der Waals surface area contributed by atoms with Gasteiger partial charge in [-0.15, -0.1) is 13.2 Å². The first kappa shape index (κ1) is 15.8. The Morgan fingerprint density at radius 3 is 2.47 bits per heavy atom. The topological polar surface area (TPSA) is 32.3 Å². The van der Waals surface area contributed by atoms with Gasteiger partial charge in [-0.3, -0.25) is 9.69 Å². The summed E-state index contributed by atoms with van der Waals surface area (Å²) in [5, 5.41) is 3.71. The normalized spacial score (nSPS) is 10.3. The zero-order valence-electron chi connectivity index (χ0n) is 10.5. The maximum absolute atomic E-state index is 11.9. The Morgan fingerprint density at radius 1 is 1.26 bits per heavy atom. The minimum absolute atomic E-state index is 0.159. The van der Waals surface area contributed by atoms with Gasteiger partial charge in [0.1, 0.15) is 0 Å². The Hall–Kier alpha value is -1.29. The van der Waals surface area contributed by atoms with E-state index in [9.17, 15) is 4.79 Å². The molecule has 0 bridgehead atoms. The van der Waals surface area contributed by atoms with Gasteiger partial charge in [-0.05, 0) is 18.2 Å². The minimum Gasteiger partial charge on any atom is -0.324 e. The molecular formula is C14H16Cl2N2O. The Balaban J connectivity index is 2.65. The van der Waals surface area contributed by atoms with Crippen LogP contribution in [0, 0.1) is 0 Å². The molecule has 102 valence electrons. The number of amides is 1.